The molecule has 1 heterocycles. The summed E-state index contributed by atoms with van der Waals surface area (Å²) in [5.74, 6) is 0. The summed E-state index contributed by atoms with van der Waals surface area (Å²) in [5.41, 5.74) is 7.49. The van der Waals surface area contributed by atoms with Gasteiger partial charge in [0.15, 0.2) is 0 Å². The Hall–Kier alpha value is -1.57. The van der Waals surface area contributed by atoms with Crippen molar-refractivity contribution in [3.63, 3.8) is 0 Å². The van der Waals surface area contributed by atoms with E-state index in [2.05, 4.69) is 52.1 Å². The van der Waals surface area contributed by atoms with E-state index in [1.165, 1.54) is 33.5 Å². The number of hydrogen-bond acceptors (Lipinski definition) is 2. The number of pyridine rings is 1. The van der Waals surface area contributed by atoms with Crippen molar-refractivity contribution < 1.29 is 0 Å². The van der Waals surface area contributed by atoms with E-state index in [1.54, 1.807) is 0 Å². The molecular formula is C16H22N2. The van der Waals surface area contributed by atoms with Gasteiger partial charge in [-0.25, -0.2) is 0 Å². The number of fused-ring (bicyclic) bond motifs is 1. The molecule has 18 heavy (non-hydrogen) atoms. The van der Waals surface area contributed by atoms with Crippen LogP contribution in [0.3, 0.4) is 0 Å². The predicted octanol–water partition coefficient (Wildman–Crippen LogP) is 4.15. The summed E-state index contributed by atoms with van der Waals surface area (Å²) < 4.78 is 0. The second-order valence-corrected chi connectivity index (χ2v) is 4.85. The van der Waals surface area contributed by atoms with Crippen molar-refractivity contribution in [3.05, 3.63) is 34.5 Å². The maximum absolute atomic E-state index is 4.86. The van der Waals surface area contributed by atoms with Gasteiger partial charge in [-0.3, -0.25) is 4.98 Å². The predicted molar refractivity (Wildman–Crippen MR) is 79.5 cm³/mol. The molecule has 96 valence electrons. The topological polar surface area (TPSA) is 24.9 Å². The number of aromatic nitrogens is 1. The average Bonchev–Trinajstić information content (AvgIpc) is 2.37. The Balaban J connectivity index is 2.85. The monoisotopic (exact) mass is 242 g/mol. The van der Waals surface area contributed by atoms with Crippen molar-refractivity contribution in [1.82, 2.24) is 4.98 Å². The Morgan fingerprint density at radius 3 is 2.39 bits per heavy atom. The number of aryl methyl sites for hydroxylation is 3. The standard InChI is InChI=1S/C16H22N2/c1-6-14-12(5)15(17-7-2)13-9-8-10(3)11(4)16(13)18-14/h8-9H,6-7H2,1-5H3,(H,17,18). The highest BCUT2D eigenvalue weighted by molar-refractivity contribution is 5.95. The van der Waals surface area contributed by atoms with Crippen molar-refractivity contribution >= 4 is 16.6 Å². The third-order valence-electron chi connectivity index (χ3n) is 3.71. The van der Waals surface area contributed by atoms with Crippen LogP contribution >= 0.6 is 0 Å². The quantitative estimate of drug-likeness (QED) is 0.874. The molecular weight excluding hydrogens is 220 g/mol. The lowest BCUT2D eigenvalue weighted by Gasteiger charge is -2.16. The molecule has 0 radical (unpaired) electrons. The molecule has 0 saturated carbocycles. The van der Waals surface area contributed by atoms with Crippen LogP contribution in [0.4, 0.5) is 5.69 Å². The summed E-state index contributed by atoms with van der Waals surface area (Å²) in [6.45, 7) is 11.7. The van der Waals surface area contributed by atoms with Gasteiger partial charge in [-0.05, 0) is 50.8 Å². The van der Waals surface area contributed by atoms with Crippen LogP contribution in [0.2, 0.25) is 0 Å². The summed E-state index contributed by atoms with van der Waals surface area (Å²) in [5, 5.41) is 4.75. The number of nitrogens with zero attached hydrogens (tertiary/aromatic N) is 1. The summed E-state index contributed by atoms with van der Waals surface area (Å²) in [6.07, 6.45) is 0.980. The van der Waals surface area contributed by atoms with E-state index >= 15 is 0 Å². The number of nitrogens with one attached hydrogen (secondary N) is 1. The minimum Gasteiger partial charge on any atom is -0.385 e. The fourth-order valence-corrected chi connectivity index (χ4v) is 2.46. The number of rotatable bonds is 3. The van der Waals surface area contributed by atoms with Crippen LogP contribution < -0.4 is 5.32 Å². The van der Waals surface area contributed by atoms with E-state index in [9.17, 15) is 0 Å². The van der Waals surface area contributed by atoms with Gasteiger partial charge in [0.05, 0.1) is 5.52 Å². The SMILES string of the molecule is CCNc1c(C)c(CC)nc2c(C)c(C)ccc12. The molecule has 0 aliphatic rings. The molecule has 0 spiro atoms. The first-order chi connectivity index (χ1) is 8.60. The molecule has 0 unspecified atom stereocenters. The minimum atomic E-state index is 0.941. The molecule has 2 aromatic rings. The lowest BCUT2D eigenvalue weighted by Crippen LogP contribution is -2.05. The summed E-state index contributed by atoms with van der Waals surface area (Å²) in [6, 6.07) is 4.38. The summed E-state index contributed by atoms with van der Waals surface area (Å²) >= 11 is 0. The van der Waals surface area contributed by atoms with Crippen molar-refractivity contribution in [1.29, 1.82) is 0 Å². The molecule has 0 aliphatic carbocycles. The third-order valence-corrected chi connectivity index (χ3v) is 3.71. The van der Waals surface area contributed by atoms with Gasteiger partial charge in [0.1, 0.15) is 0 Å². The van der Waals surface area contributed by atoms with Crippen molar-refractivity contribution in [2.45, 2.75) is 41.0 Å². The molecule has 1 N–H and O–H groups in total. The molecule has 2 heteroatoms. The van der Waals surface area contributed by atoms with Gasteiger partial charge >= 0.3 is 0 Å². The molecule has 0 fully saturated rings. The number of benzene rings is 1. The molecule has 0 amide bonds. The lowest BCUT2D eigenvalue weighted by molar-refractivity contribution is 1.02. The number of anilines is 1. The van der Waals surface area contributed by atoms with E-state index < -0.39 is 0 Å². The Bertz CT molecular complexity index is 585. The Kier molecular flexibility index (Phi) is 3.55. The van der Waals surface area contributed by atoms with E-state index in [0.29, 0.717) is 0 Å². The normalized spacial score (nSPS) is 10.9. The zero-order valence-corrected chi connectivity index (χ0v) is 12.0. The van der Waals surface area contributed by atoms with Crippen LogP contribution in [0, 0.1) is 20.8 Å². The second kappa shape index (κ2) is 4.97. The minimum absolute atomic E-state index is 0.941. The van der Waals surface area contributed by atoms with Gasteiger partial charge < -0.3 is 5.32 Å². The molecule has 0 atom stereocenters. The van der Waals surface area contributed by atoms with Crippen LogP contribution in [0.5, 0.6) is 0 Å². The molecule has 2 nitrogen and oxygen atoms in total. The van der Waals surface area contributed by atoms with Crippen molar-refractivity contribution in [2.75, 3.05) is 11.9 Å². The molecule has 0 aliphatic heterocycles. The highest BCUT2D eigenvalue weighted by Crippen LogP contribution is 2.31. The van der Waals surface area contributed by atoms with Gasteiger partial charge in [-0.2, -0.15) is 0 Å². The average molecular weight is 242 g/mol. The third kappa shape index (κ3) is 1.96. The van der Waals surface area contributed by atoms with Crippen LogP contribution in [-0.2, 0) is 6.42 Å². The Morgan fingerprint density at radius 2 is 1.78 bits per heavy atom. The molecule has 0 saturated heterocycles. The van der Waals surface area contributed by atoms with E-state index in [0.717, 1.165) is 18.5 Å². The fourth-order valence-electron chi connectivity index (χ4n) is 2.46. The van der Waals surface area contributed by atoms with Crippen LogP contribution in [-0.4, -0.2) is 11.5 Å². The van der Waals surface area contributed by atoms with E-state index in [1.807, 2.05) is 0 Å². The number of hydrogen-bond donors (Lipinski definition) is 1. The molecule has 1 aromatic heterocycles. The van der Waals surface area contributed by atoms with Crippen LogP contribution in [0.1, 0.15) is 36.2 Å². The summed E-state index contributed by atoms with van der Waals surface area (Å²) in [4.78, 5) is 4.86. The molecule has 0 bridgehead atoms. The van der Waals surface area contributed by atoms with Crippen molar-refractivity contribution in [2.24, 2.45) is 0 Å². The maximum Gasteiger partial charge on any atom is 0.0758 e. The van der Waals surface area contributed by atoms with E-state index in [4.69, 9.17) is 4.98 Å². The van der Waals surface area contributed by atoms with Gasteiger partial charge in [0, 0.05) is 23.3 Å². The zero-order chi connectivity index (χ0) is 13.3. The summed E-state index contributed by atoms with van der Waals surface area (Å²) in [7, 11) is 0. The lowest BCUT2D eigenvalue weighted by atomic mass is 10.00. The smallest absolute Gasteiger partial charge is 0.0758 e. The second-order valence-electron chi connectivity index (χ2n) is 4.85. The first kappa shape index (κ1) is 12.9. The highest BCUT2D eigenvalue weighted by Gasteiger charge is 2.12. The Morgan fingerprint density at radius 1 is 1.06 bits per heavy atom. The Labute approximate surface area is 109 Å². The van der Waals surface area contributed by atoms with Crippen LogP contribution in [0.15, 0.2) is 12.1 Å². The first-order valence-electron chi connectivity index (χ1n) is 6.73. The molecule has 1 aromatic carbocycles. The largest absolute Gasteiger partial charge is 0.385 e. The van der Waals surface area contributed by atoms with E-state index in [-0.39, 0.29) is 0 Å². The van der Waals surface area contributed by atoms with Crippen LogP contribution in [0.25, 0.3) is 10.9 Å². The van der Waals surface area contributed by atoms with Gasteiger partial charge in [0.2, 0.25) is 0 Å². The van der Waals surface area contributed by atoms with Gasteiger partial charge in [0.25, 0.3) is 0 Å². The molecule has 2 rings (SSSR count). The fraction of sp³-hybridized carbons (Fsp3) is 0.438. The van der Waals surface area contributed by atoms with Crippen molar-refractivity contribution in [3.8, 4) is 0 Å². The first-order valence-corrected chi connectivity index (χ1v) is 6.73. The highest BCUT2D eigenvalue weighted by atomic mass is 14.9. The maximum atomic E-state index is 4.86. The zero-order valence-electron chi connectivity index (χ0n) is 12.0. The van der Waals surface area contributed by atoms with Gasteiger partial charge in [-0.15, -0.1) is 0 Å². The van der Waals surface area contributed by atoms with Gasteiger partial charge in [-0.1, -0.05) is 19.1 Å².